The molecule has 0 unspecified atom stereocenters. The van der Waals surface area contributed by atoms with Gasteiger partial charge in [0.25, 0.3) is 0 Å². The van der Waals surface area contributed by atoms with Gasteiger partial charge in [0.2, 0.25) is 0 Å². The molecule has 0 fully saturated rings. The number of benzene rings is 3. The van der Waals surface area contributed by atoms with Crippen LogP contribution < -0.4 is 14.8 Å². The Labute approximate surface area is 163 Å². The van der Waals surface area contributed by atoms with Crippen molar-refractivity contribution >= 4 is 28.9 Å². The Hall–Kier alpha value is -2.36. The Morgan fingerprint density at radius 1 is 0.808 bits per heavy atom. The number of hydrogen-bond donors (Lipinski definition) is 1. The summed E-state index contributed by atoms with van der Waals surface area (Å²) in [6.45, 7) is 1.09. The van der Waals surface area contributed by atoms with Gasteiger partial charge in [0.1, 0.15) is 6.61 Å². The Balaban J connectivity index is 1.65. The number of rotatable bonds is 7. The molecule has 0 saturated heterocycles. The lowest BCUT2D eigenvalue weighted by Gasteiger charge is -2.13. The van der Waals surface area contributed by atoms with E-state index in [0.29, 0.717) is 34.7 Å². The van der Waals surface area contributed by atoms with Gasteiger partial charge in [-0.15, -0.1) is 0 Å². The highest BCUT2D eigenvalue weighted by molar-refractivity contribution is 6.42. The van der Waals surface area contributed by atoms with Crippen LogP contribution in [0, 0.1) is 0 Å². The van der Waals surface area contributed by atoms with Gasteiger partial charge >= 0.3 is 0 Å². The number of anilines is 1. The number of methoxy groups -OCH3 is 1. The summed E-state index contributed by atoms with van der Waals surface area (Å²) in [6, 6.07) is 21.4. The highest BCUT2D eigenvalue weighted by Gasteiger charge is 2.07. The zero-order valence-electron chi connectivity index (χ0n) is 14.3. The maximum Gasteiger partial charge on any atom is 0.161 e. The molecule has 0 aliphatic carbocycles. The molecule has 3 rings (SSSR count). The molecule has 0 radical (unpaired) electrons. The molecule has 5 heteroatoms. The third kappa shape index (κ3) is 4.84. The van der Waals surface area contributed by atoms with E-state index in [0.717, 1.165) is 16.8 Å². The summed E-state index contributed by atoms with van der Waals surface area (Å²) >= 11 is 12.0. The molecule has 0 aliphatic rings. The molecular weight excluding hydrogens is 369 g/mol. The maximum absolute atomic E-state index is 6.04. The zero-order chi connectivity index (χ0) is 18.4. The van der Waals surface area contributed by atoms with Gasteiger partial charge in [-0.1, -0.05) is 53.5 Å². The van der Waals surface area contributed by atoms with Crippen LogP contribution in [0.4, 0.5) is 5.69 Å². The number of nitrogens with one attached hydrogen (secondary N) is 1. The van der Waals surface area contributed by atoms with Crippen molar-refractivity contribution in [1.29, 1.82) is 0 Å². The summed E-state index contributed by atoms with van der Waals surface area (Å²) < 4.78 is 11.3. The van der Waals surface area contributed by atoms with Crippen LogP contribution in [0.15, 0.2) is 66.7 Å². The van der Waals surface area contributed by atoms with Gasteiger partial charge in [-0.05, 0) is 47.5 Å². The molecule has 3 aromatic rings. The van der Waals surface area contributed by atoms with Crippen LogP contribution in [0.3, 0.4) is 0 Å². The standard InChI is InChI=1S/C21H19Cl2NO2/c1-25-21-12-15(13-24-17-5-3-2-4-6-17)8-10-20(21)26-14-16-7-9-18(22)19(23)11-16/h2-12,24H,13-14H2,1H3. The fourth-order valence-corrected chi connectivity index (χ4v) is 2.81. The van der Waals surface area contributed by atoms with E-state index in [4.69, 9.17) is 32.7 Å². The summed E-state index contributed by atoms with van der Waals surface area (Å²) in [5.41, 5.74) is 3.12. The lowest BCUT2D eigenvalue weighted by molar-refractivity contribution is 0.284. The van der Waals surface area contributed by atoms with Crippen LogP contribution >= 0.6 is 23.2 Å². The quantitative estimate of drug-likeness (QED) is 0.523. The Bertz CT molecular complexity index is 869. The summed E-state index contributed by atoms with van der Waals surface area (Å²) in [6.07, 6.45) is 0. The average molecular weight is 388 g/mol. The van der Waals surface area contributed by atoms with Gasteiger partial charge in [-0.2, -0.15) is 0 Å². The Morgan fingerprint density at radius 3 is 2.31 bits per heavy atom. The van der Waals surface area contributed by atoms with E-state index in [2.05, 4.69) is 5.32 Å². The topological polar surface area (TPSA) is 30.5 Å². The smallest absolute Gasteiger partial charge is 0.161 e. The van der Waals surface area contributed by atoms with Crippen molar-refractivity contribution in [2.24, 2.45) is 0 Å². The highest BCUT2D eigenvalue weighted by Crippen LogP contribution is 2.30. The second-order valence-corrected chi connectivity index (χ2v) is 6.56. The van der Waals surface area contributed by atoms with Crippen molar-refractivity contribution in [2.75, 3.05) is 12.4 Å². The Kier molecular flexibility index (Phi) is 6.26. The monoisotopic (exact) mass is 387 g/mol. The Morgan fingerprint density at radius 2 is 1.58 bits per heavy atom. The maximum atomic E-state index is 6.04. The van der Waals surface area contributed by atoms with Crippen molar-refractivity contribution in [3.8, 4) is 11.5 Å². The van der Waals surface area contributed by atoms with Crippen LogP contribution in [-0.4, -0.2) is 7.11 Å². The second-order valence-electron chi connectivity index (χ2n) is 5.74. The first-order valence-corrected chi connectivity index (χ1v) is 8.94. The van der Waals surface area contributed by atoms with Crippen LogP contribution in [0.5, 0.6) is 11.5 Å². The average Bonchev–Trinajstić information content (AvgIpc) is 2.68. The van der Waals surface area contributed by atoms with Crippen LogP contribution in [-0.2, 0) is 13.2 Å². The minimum Gasteiger partial charge on any atom is -0.493 e. The van der Waals surface area contributed by atoms with E-state index in [1.54, 1.807) is 19.2 Å². The minimum atomic E-state index is 0.384. The molecule has 0 amide bonds. The molecule has 3 aromatic carbocycles. The molecule has 26 heavy (non-hydrogen) atoms. The van der Waals surface area contributed by atoms with E-state index in [-0.39, 0.29) is 0 Å². The first kappa shape index (κ1) is 18.4. The van der Waals surface area contributed by atoms with Crippen molar-refractivity contribution in [3.63, 3.8) is 0 Å². The lowest BCUT2D eigenvalue weighted by Crippen LogP contribution is -2.01. The first-order chi connectivity index (χ1) is 12.7. The van der Waals surface area contributed by atoms with Crippen LogP contribution in [0.25, 0.3) is 0 Å². The summed E-state index contributed by atoms with van der Waals surface area (Å²) in [5, 5.41) is 4.42. The first-order valence-electron chi connectivity index (χ1n) is 8.18. The summed E-state index contributed by atoms with van der Waals surface area (Å²) in [4.78, 5) is 0. The largest absolute Gasteiger partial charge is 0.493 e. The SMILES string of the molecule is COc1cc(CNc2ccccc2)ccc1OCc1ccc(Cl)c(Cl)c1. The molecule has 1 N–H and O–H groups in total. The molecule has 134 valence electrons. The molecule has 3 nitrogen and oxygen atoms in total. The highest BCUT2D eigenvalue weighted by atomic mass is 35.5. The zero-order valence-corrected chi connectivity index (χ0v) is 15.8. The molecule has 0 heterocycles. The number of halogens is 2. The number of hydrogen-bond acceptors (Lipinski definition) is 3. The van der Waals surface area contributed by atoms with Gasteiger partial charge in [0, 0.05) is 12.2 Å². The van der Waals surface area contributed by atoms with E-state index < -0.39 is 0 Å². The summed E-state index contributed by atoms with van der Waals surface area (Å²) in [5.74, 6) is 1.37. The molecule has 0 atom stereocenters. The normalized spacial score (nSPS) is 10.4. The third-order valence-corrected chi connectivity index (χ3v) is 4.62. The molecule has 0 aromatic heterocycles. The van der Waals surface area contributed by atoms with Crippen molar-refractivity contribution in [3.05, 3.63) is 87.9 Å². The molecule has 0 saturated carbocycles. The van der Waals surface area contributed by atoms with Gasteiger partial charge in [0.15, 0.2) is 11.5 Å². The molecule has 0 spiro atoms. The number of para-hydroxylation sites is 1. The van der Waals surface area contributed by atoms with E-state index in [9.17, 15) is 0 Å². The minimum absolute atomic E-state index is 0.384. The molecule has 0 bridgehead atoms. The van der Waals surface area contributed by atoms with Crippen LogP contribution in [0.2, 0.25) is 10.0 Å². The fourth-order valence-electron chi connectivity index (χ4n) is 2.49. The van der Waals surface area contributed by atoms with E-state index >= 15 is 0 Å². The van der Waals surface area contributed by atoms with Crippen LogP contribution in [0.1, 0.15) is 11.1 Å². The third-order valence-electron chi connectivity index (χ3n) is 3.88. The second kappa shape index (κ2) is 8.84. The van der Waals surface area contributed by atoms with Gasteiger partial charge < -0.3 is 14.8 Å². The number of ether oxygens (including phenoxy) is 2. The predicted octanol–water partition coefficient (Wildman–Crippen LogP) is 6.19. The molecule has 0 aliphatic heterocycles. The van der Waals surface area contributed by atoms with Gasteiger partial charge in [-0.25, -0.2) is 0 Å². The van der Waals surface area contributed by atoms with Crippen molar-refractivity contribution < 1.29 is 9.47 Å². The van der Waals surface area contributed by atoms with Crippen molar-refractivity contribution in [2.45, 2.75) is 13.2 Å². The van der Waals surface area contributed by atoms with Gasteiger partial charge in [-0.3, -0.25) is 0 Å². The van der Waals surface area contributed by atoms with E-state index in [1.165, 1.54) is 0 Å². The predicted molar refractivity (Wildman–Crippen MR) is 108 cm³/mol. The molecular formula is C21H19Cl2NO2. The summed E-state index contributed by atoms with van der Waals surface area (Å²) in [7, 11) is 1.63. The van der Waals surface area contributed by atoms with Crippen molar-refractivity contribution in [1.82, 2.24) is 0 Å². The fraction of sp³-hybridized carbons (Fsp3) is 0.143. The lowest BCUT2D eigenvalue weighted by atomic mass is 10.2. The van der Waals surface area contributed by atoms with Gasteiger partial charge in [0.05, 0.1) is 17.2 Å². The van der Waals surface area contributed by atoms with E-state index in [1.807, 2.05) is 54.6 Å².